The quantitative estimate of drug-likeness (QED) is 0.360. The predicted octanol–water partition coefficient (Wildman–Crippen LogP) is 5.11. The summed E-state index contributed by atoms with van der Waals surface area (Å²) in [7, 11) is 0. The summed E-state index contributed by atoms with van der Waals surface area (Å²) in [6.07, 6.45) is 1.99. The molecule has 0 saturated heterocycles. The molecule has 156 valence electrons. The summed E-state index contributed by atoms with van der Waals surface area (Å²) in [6.45, 7) is 9.28. The first-order valence-corrected chi connectivity index (χ1v) is 10.2. The van der Waals surface area contributed by atoms with Gasteiger partial charge in [0.2, 0.25) is 5.78 Å². The number of imidazole rings is 1. The summed E-state index contributed by atoms with van der Waals surface area (Å²) in [5, 5.41) is 14.4. The van der Waals surface area contributed by atoms with Crippen molar-refractivity contribution < 1.29 is 14.4 Å². The number of benzene rings is 1. The summed E-state index contributed by atoms with van der Waals surface area (Å²) < 4.78 is 7.00. The van der Waals surface area contributed by atoms with Crippen LogP contribution in [-0.2, 0) is 0 Å². The van der Waals surface area contributed by atoms with Crippen LogP contribution in [0.3, 0.4) is 0 Å². The Morgan fingerprint density at radius 3 is 2.58 bits per heavy atom. The van der Waals surface area contributed by atoms with Crippen molar-refractivity contribution in [1.82, 2.24) is 19.7 Å². The van der Waals surface area contributed by atoms with Crippen LogP contribution in [-0.4, -0.2) is 30.6 Å². The van der Waals surface area contributed by atoms with Crippen molar-refractivity contribution in [3.63, 3.8) is 0 Å². The van der Waals surface area contributed by atoms with Crippen molar-refractivity contribution in [1.29, 1.82) is 0 Å². The second-order valence-corrected chi connectivity index (χ2v) is 8.08. The van der Waals surface area contributed by atoms with Gasteiger partial charge in [0.1, 0.15) is 22.8 Å². The number of ketones is 1. The van der Waals surface area contributed by atoms with Gasteiger partial charge in [0.05, 0.1) is 16.8 Å². The molecule has 1 aromatic carbocycles. The number of pyridine rings is 1. The molecule has 31 heavy (non-hydrogen) atoms. The molecule has 0 radical (unpaired) electrons. The molecule has 1 aliphatic rings. The first-order valence-electron chi connectivity index (χ1n) is 10.2. The third-order valence-corrected chi connectivity index (χ3v) is 5.67. The van der Waals surface area contributed by atoms with E-state index in [0.717, 1.165) is 41.2 Å². The van der Waals surface area contributed by atoms with Crippen LogP contribution in [0.4, 0.5) is 0 Å². The number of rotatable bonds is 5. The summed E-state index contributed by atoms with van der Waals surface area (Å²) in [5.41, 5.74) is 5.00. The third kappa shape index (κ3) is 3.13. The minimum absolute atomic E-state index is 0.118. The van der Waals surface area contributed by atoms with E-state index in [1.54, 1.807) is 10.6 Å². The standard InChI is InChI=1S/C24H22N4O3/c1-12-6-5-7-19(25-12)23(30)18-10-17(21-13(2)27-31-14(21)3)11-20-22(18)26-24(16-8-9-16)28(20)15(4)29/h5-7,10-11,16,29H,4,8-9H2,1-3H3. The molecule has 7 nitrogen and oxygen atoms in total. The fraction of sp³-hybridized carbons (Fsp3) is 0.250. The fourth-order valence-corrected chi connectivity index (χ4v) is 4.10. The van der Waals surface area contributed by atoms with Crippen LogP contribution in [0.1, 0.15) is 57.8 Å². The lowest BCUT2D eigenvalue weighted by Crippen LogP contribution is -2.06. The third-order valence-electron chi connectivity index (χ3n) is 5.67. The molecule has 3 heterocycles. The highest BCUT2D eigenvalue weighted by atomic mass is 16.5. The van der Waals surface area contributed by atoms with Gasteiger partial charge in [-0.25, -0.2) is 9.97 Å². The zero-order valence-corrected chi connectivity index (χ0v) is 17.6. The Kier molecular flexibility index (Phi) is 4.28. The van der Waals surface area contributed by atoms with E-state index in [0.29, 0.717) is 28.1 Å². The molecule has 1 saturated carbocycles. The van der Waals surface area contributed by atoms with Crippen molar-refractivity contribution in [2.45, 2.75) is 39.5 Å². The predicted molar refractivity (Wildman–Crippen MR) is 117 cm³/mol. The number of aliphatic hydroxyl groups excluding tert-OH is 1. The summed E-state index contributed by atoms with van der Waals surface area (Å²) in [6, 6.07) is 9.09. The number of carbonyl (C=O) groups excluding carboxylic acids is 1. The molecule has 0 spiro atoms. The van der Waals surface area contributed by atoms with Gasteiger partial charge in [-0.2, -0.15) is 0 Å². The minimum Gasteiger partial charge on any atom is -0.495 e. The monoisotopic (exact) mass is 414 g/mol. The molecule has 0 unspecified atom stereocenters. The Bertz CT molecular complexity index is 1360. The molecule has 7 heteroatoms. The normalized spacial score (nSPS) is 13.6. The van der Waals surface area contributed by atoms with Crippen LogP contribution in [0, 0.1) is 20.8 Å². The van der Waals surface area contributed by atoms with Crippen molar-refractivity contribution >= 4 is 22.7 Å². The average molecular weight is 414 g/mol. The Morgan fingerprint density at radius 1 is 1.19 bits per heavy atom. The fourth-order valence-electron chi connectivity index (χ4n) is 4.10. The van der Waals surface area contributed by atoms with E-state index in [1.807, 2.05) is 45.0 Å². The van der Waals surface area contributed by atoms with Gasteiger partial charge in [0.15, 0.2) is 5.88 Å². The van der Waals surface area contributed by atoms with Gasteiger partial charge in [-0.05, 0) is 70.0 Å². The lowest BCUT2D eigenvalue weighted by molar-refractivity contribution is 0.103. The van der Waals surface area contributed by atoms with Gasteiger partial charge in [-0.3, -0.25) is 9.36 Å². The highest BCUT2D eigenvalue weighted by Gasteiger charge is 2.32. The van der Waals surface area contributed by atoms with E-state index in [1.165, 1.54) is 0 Å². The highest BCUT2D eigenvalue weighted by molar-refractivity contribution is 6.15. The largest absolute Gasteiger partial charge is 0.495 e. The topological polar surface area (TPSA) is 94.0 Å². The number of fused-ring (bicyclic) bond motifs is 1. The first-order chi connectivity index (χ1) is 14.8. The van der Waals surface area contributed by atoms with Gasteiger partial charge >= 0.3 is 0 Å². The van der Waals surface area contributed by atoms with Crippen LogP contribution >= 0.6 is 0 Å². The van der Waals surface area contributed by atoms with E-state index in [9.17, 15) is 9.90 Å². The molecule has 4 aromatic rings. The molecule has 0 atom stereocenters. The molecule has 0 aliphatic heterocycles. The van der Waals surface area contributed by atoms with E-state index >= 15 is 0 Å². The second kappa shape index (κ2) is 6.91. The Hall–Kier alpha value is -3.74. The van der Waals surface area contributed by atoms with Crippen LogP contribution in [0.15, 0.2) is 41.4 Å². The molecule has 1 aliphatic carbocycles. The number of carbonyl (C=O) groups is 1. The van der Waals surface area contributed by atoms with E-state index < -0.39 is 0 Å². The second-order valence-electron chi connectivity index (χ2n) is 8.08. The van der Waals surface area contributed by atoms with Crippen LogP contribution < -0.4 is 0 Å². The van der Waals surface area contributed by atoms with Crippen molar-refractivity contribution in [3.8, 4) is 11.1 Å². The SMILES string of the molecule is C=C(O)n1c(C2CC2)nc2c(C(=O)c3cccc(C)n3)cc(-c3c(C)noc3C)cc21. The van der Waals surface area contributed by atoms with E-state index in [2.05, 4.69) is 16.7 Å². The Balaban J connectivity index is 1.83. The Morgan fingerprint density at radius 2 is 1.97 bits per heavy atom. The molecule has 0 bridgehead atoms. The number of aryl methyl sites for hydroxylation is 3. The van der Waals surface area contributed by atoms with Gasteiger partial charge < -0.3 is 9.63 Å². The number of aromatic nitrogens is 4. The van der Waals surface area contributed by atoms with Crippen LogP contribution in [0.2, 0.25) is 0 Å². The zero-order chi connectivity index (χ0) is 21.9. The molecule has 5 rings (SSSR count). The number of hydrogen-bond donors (Lipinski definition) is 1. The summed E-state index contributed by atoms with van der Waals surface area (Å²) in [5.74, 6) is 1.29. The average Bonchev–Trinajstić information content (AvgIpc) is 3.42. The Labute approximate surface area is 179 Å². The highest BCUT2D eigenvalue weighted by Crippen LogP contribution is 2.43. The molecule has 0 amide bonds. The van der Waals surface area contributed by atoms with E-state index in [-0.39, 0.29) is 17.6 Å². The van der Waals surface area contributed by atoms with Crippen LogP contribution in [0.25, 0.3) is 28.0 Å². The van der Waals surface area contributed by atoms with Crippen molar-refractivity contribution in [2.75, 3.05) is 0 Å². The maximum atomic E-state index is 13.5. The molecule has 3 aromatic heterocycles. The zero-order valence-electron chi connectivity index (χ0n) is 17.6. The molecular weight excluding hydrogens is 392 g/mol. The lowest BCUT2D eigenvalue weighted by atomic mass is 9.97. The van der Waals surface area contributed by atoms with Gasteiger partial charge in [0, 0.05) is 17.2 Å². The number of nitrogens with zero attached hydrogens (tertiary/aromatic N) is 4. The molecular formula is C24H22N4O3. The van der Waals surface area contributed by atoms with Crippen molar-refractivity contribution in [2.24, 2.45) is 0 Å². The van der Waals surface area contributed by atoms with Crippen molar-refractivity contribution in [3.05, 3.63) is 71.1 Å². The maximum absolute atomic E-state index is 13.5. The first kappa shape index (κ1) is 19.2. The number of hydrogen-bond acceptors (Lipinski definition) is 6. The summed E-state index contributed by atoms with van der Waals surface area (Å²) >= 11 is 0. The van der Waals surface area contributed by atoms with Gasteiger partial charge in [-0.15, -0.1) is 0 Å². The lowest BCUT2D eigenvalue weighted by Gasteiger charge is -2.09. The molecule has 1 fully saturated rings. The molecule has 1 N–H and O–H groups in total. The van der Waals surface area contributed by atoms with E-state index in [4.69, 9.17) is 9.51 Å². The smallest absolute Gasteiger partial charge is 0.213 e. The van der Waals surface area contributed by atoms with Gasteiger partial charge in [-0.1, -0.05) is 11.2 Å². The minimum atomic E-state index is -0.224. The van der Waals surface area contributed by atoms with Gasteiger partial charge in [0.25, 0.3) is 0 Å². The van der Waals surface area contributed by atoms with Crippen LogP contribution in [0.5, 0.6) is 0 Å². The summed E-state index contributed by atoms with van der Waals surface area (Å²) in [4.78, 5) is 22.7. The maximum Gasteiger partial charge on any atom is 0.213 e. The number of aliphatic hydroxyl groups is 1.